The van der Waals surface area contributed by atoms with Gasteiger partial charge in [-0.05, 0) is 44.9 Å². The minimum atomic E-state index is -0.194. The van der Waals surface area contributed by atoms with Crippen LogP contribution in [0.5, 0.6) is 0 Å². The van der Waals surface area contributed by atoms with Gasteiger partial charge in [0.2, 0.25) is 0 Å². The lowest BCUT2D eigenvalue weighted by Crippen LogP contribution is -2.53. The summed E-state index contributed by atoms with van der Waals surface area (Å²) >= 11 is 0. The largest absolute Gasteiger partial charge is 0.391 e. The van der Waals surface area contributed by atoms with Crippen LogP contribution in [0.2, 0.25) is 0 Å². The number of fused-ring (bicyclic) bond motifs is 2. The molecule has 2 aliphatic carbocycles. The molecule has 2 saturated carbocycles. The van der Waals surface area contributed by atoms with Crippen molar-refractivity contribution in [2.45, 2.75) is 72.1 Å². The Balaban J connectivity index is 2.26. The van der Waals surface area contributed by atoms with Crippen LogP contribution in [0.4, 0.5) is 0 Å². The van der Waals surface area contributed by atoms with E-state index in [1.54, 1.807) is 0 Å². The summed E-state index contributed by atoms with van der Waals surface area (Å²) in [7, 11) is 0. The molecular formula is C14H27NO. The molecule has 0 aromatic heterocycles. The maximum absolute atomic E-state index is 10.6. The number of nitrogens with one attached hydrogen (secondary N) is 1. The Morgan fingerprint density at radius 1 is 1.19 bits per heavy atom. The molecule has 0 amide bonds. The zero-order valence-corrected chi connectivity index (χ0v) is 11.6. The van der Waals surface area contributed by atoms with Gasteiger partial charge in [-0.15, -0.1) is 0 Å². The summed E-state index contributed by atoms with van der Waals surface area (Å²) in [6.07, 6.45) is 2.24. The van der Waals surface area contributed by atoms with Crippen LogP contribution < -0.4 is 5.32 Å². The number of aliphatic hydroxyl groups excluding tert-OH is 1. The van der Waals surface area contributed by atoms with Crippen LogP contribution in [0.15, 0.2) is 0 Å². The third-order valence-corrected chi connectivity index (χ3v) is 5.40. The predicted octanol–water partition coefficient (Wildman–Crippen LogP) is 2.56. The van der Waals surface area contributed by atoms with Gasteiger partial charge in [-0.25, -0.2) is 0 Å². The lowest BCUT2D eigenvalue weighted by atomic mass is 9.70. The zero-order valence-electron chi connectivity index (χ0n) is 11.6. The standard InChI is InChI=1S/C14H27NO/c1-12(2,3)15-10-9-7-8-14(6,11(10)16)13(9,4)5/h9-11,15-16H,7-8H2,1-6H3/t9-,10+,11+,14+/m1/s1. The van der Waals surface area contributed by atoms with Gasteiger partial charge in [-0.1, -0.05) is 20.8 Å². The molecule has 0 spiro atoms. The topological polar surface area (TPSA) is 32.3 Å². The summed E-state index contributed by atoms with van der Waals surface area (Å²) in [5.41, 5.74) is 0.443. The monoisotopic (exact) mass is 225 g/mol. The van der Waals surface area contributed by atoms with E-state index in [1.165, 1.54) is 12.8 Å². The molecule has 2 heteroatoms. The van der Waals surface area contributed by atoms with Crippen molar-refractivity contribution in [3.8, 4) is 0 Å². The van der Waals surface area contributed by atoms with Crippen molar-refractivity contribution in [2.24, 2.45) is 16.7 Å². The average Bonchev–Trinajstić information content (AvgIpc) is 2.38. The highest BCUT2D eigenvalue weighted by Crippen LogP contribution is 2.65. The van der Waals surface area contributed by atoms with Gasteiger partial charge < -0.3 is 10.4 Å². The van der Waals surface area contributed by atoms with Crippen molar-refractivity contribution in [1.82, 2.24) is 5.32 Å². The molecule has 0 aromatic carbocycles. The van der Waals surface area contributed by atoms with Gasteiger partial charge >= 0.3 is 0 Å². The Morgan fingerprint density at radius 2 is 1.75 bits per heavy atom. The van der Waals surface area contributed by atoms with Gasteiger partial charge in [0, 0.05) is 17.0 Å². The molecule has 0 unspecified atom stereocenters. The first kappa shape index (κ1) is 12.4. The van der Waals surface area contributed by atoms with Crippen LogP contribution in [0.25, 0.3) is 0 Å². The molecule has 16 heavy (non-hydrogen) atoms. The Bertz CT molecular complexity index is 292. The van der Waals surface area contributed by atoms with Crippen molar-refractivity contribution in [1.29, 1.82) is 0 Å². The van der Waals surface area contributed by atoms with Crippen LogP contribution in [-0.4, -0.2) is 22.8 Å². The summed E-state index contributed by atoms with van der Waals surface area (Å²) in [5.74, 6) is 0.617. The second kappa shape index (κ2) is 3.23. The van der Waals surface area contributed by atoms with Crippen LogP contribution >= 0.6 is 0 Å². The third-order valence-electron chi connectivity index (χ3n) is 5.40. The number of hydrogen-bond acceptors (Lipinski definition) is 2. The van der Waals surface area contributed by atoms with Gasteiger partial charge in [0.05, 0.1) is 6.10 Å². The van der Waals surface area contributed by atoms with Crippen LogP contribution in [0, 0.1) is 16.7 Å². The van der Waals surface area contributed by atoms with Crippen LogP contribution in [0.3, 0.4) is 0 Å². The Labute approximate surface area is 99.8 Å². The summed E-state index contributed by atoms with van der Waals surface area (Å²) in [5, 5.41) is 14.2. The molecule has 0 aromatic rings. The van der Waals surface area contributed by atoms with E-state index >= 15 is 0 Å². The summed E-state index contributed by atoms with van der Waals surface area (Å²) in [6.45, 7) is 13.5. The SMILES string of the molecule is CC(C)(C)N[C@H]1[C@H]2CC[C@@](C)([C@H]1O)C2(C)C. The molecule has 2 rings (SSSR count). The minimum Gasteiger partial charge on any atom is -0.391 e. The molecule has 0 radical (unpaired) electrons. The maximum Gasteiger partial charge on any atom is 0.0754 e. The molecule has 94 valence electrons. The van der Waals surface area contributed by atoms with Crippen molar-refractivity contribution in [3.05, 3.63) is 0 Å². The number of rotatable bonds is 1. The molecular weight excluding hydrogens is 198 g/mol. The van der Waals surface area contributed by atoms with Gasteiger partial charge in [-0.3, -0.25) is 0 Å². The molecule has 4 atom stereocenters. The quantitative estimate of drug-likeness (QED) is 0.719. The van der Waals surface area contributed by atoms with E-state index in [2.05, 4.69) is 46.9 Å². The van der Waals surface area contributed by atoms with Gasteiger partial charge in [-0.2, -0.15) is 0 Å². The van der Waals surface area contributed by atoms with E-state index in [9.17, 15) is 5.11 Å². The van der Waals surface area contributed by atoms with E-state index in [0.717, 1.165) is 0 Å². The normalized spacial score (nSPS) is 46.3. The van der Waals surface area contributed by atoms with Crippen molar-refractivity contribution in [2.75, 3.05) is 0 Å². The van der Waals surface area contributed by atoms with Crippen LogP contribution in [-0.2, 0) is 0 Å². The Morgan fingerprint density at radius 3 is 2.12 bits per heavy atom. The molecule has 2 fully saturated rings. The molecule has 2 N–H and O–H groups in total. The smallest absolute Gasteiger partial charge is 0.0754 e. The van der Waals surface area contributed by atoms with E-state index in [4.69, 9.17) is 0 Å². The molecule has 0 aliphatic heterocycles. The number of hydrogen-bond donors (Lipinski definition) is 2. The highest BCUT2D eigenvalue weighted by atomic mass is 16.3. The molecule has 0 saturated heterocycles. The van der Waals surface area contributed by atoms with Crippen molar-refractivity contribution >= 4 is 0 Å². The van der Waals surface area contributed by atoms with E-state index in [1.807, 2.05) is 0 Å². The fourth-order valence-electron chi connectivity index (χ4n) is 4.02. The second-order valence-electron chi connectivity index (χ2n) is 7.65. The first-order valence-corrected chi connectivity index (χ1v) is 6.55. The lowest BCUT2D eigenvalue weighted by Gasteiger charge is -2.38. The van der Waals surface area contributed by atoms with Crippen molar-refractivity contribution < 1.29 is 5.11 Å². The molecule has 2 bridgehead atoms. The summed E-state index contributed by atoms with van der Waals surface area (Å²) < 4.78 is 0. The van der Waals surface area contributed by atoms with Crippen LogP contribution in [0.1, 0.15) is 54.4 Å². The summed E-state index contributed by atoms with van der Waals surface area (Å²) in [4.78, 5) is 0. The minimum absolute atomic E-state index is 0.0859. The second-order valence-corrected chi connectivity index (χ2v) is 7.65. The van der Waals surface area contributed by atoms with E-state index in [-0.39, 0.29) is 28.5 Å². The van der Waals surface area contributed by atoms with Gasteiger partial charge in [0.15, 0.2) is 0 Å². The van der Waals surface area contributed by atoms with Gasteiger partial charge in [0.25, 0.3) is 0 Å². The third kappa shape index (κ3) is 1.46. The Hall–Kier alpha value is -0.0800. The Kier molecular flexibility index (Phi) is 2.50. The highest BCUT2D eigenvalue weighted by Gasteiger charge is 2.66. The first-order chi connectivity index (χ1) is 7.09. The van der Waals surface area contributed by atoms with Gasteiger partial charge in [0.1, 0.15) is 0 Å². The average molecular weight is 225 g/mol. The molecule has 2 aliphatic rings. The highest BCUT2D eigenvalue weighted by molar-refractivity contribution is 5.17. The predicted molar refractivity (Wildman–Crippen MR) is 67.3 cm³/mol. The lowest BCUT2D eigenvalue weighted by molar-refractivity contribution is -0.00385. The number of aliphatic hydroxyl groups is 1. The maximum atomic E-state index is 10.6. The fourth-order valence-corrected chi connectivity index (χ4v) is 4.02. The first-order valence-electron chi connectivity index (χ1n) is 6.55. The van der Waals surface area contributed by atoms with Crippen molar-refractivity contribution in [3.63, 3.8) is 0 Å². The molecule has 0 heterocycles. The zero-order chi connectivity index (χ0) is 12.4. The fraction of sp³-hybridized carbons (Fsp3) is 1.00. The van der Waals surface area contributed by atoms with E-state index in [0.29, 0.717) is 5.92 Å². The van der Waals surface area contributed by atoms with E-state index < -0.39 is 0 Å². The molecule has 2 nitrogen and oxygen atoms in total. The summed E-state index contributed by atoms with van der Waals surface area (Å²) in [6, 6.07) is 0.272.